The second-order valence-corrected chi connectivity index (χ2v) is 6.22. The van der Waals surface area contributed by atoms with Crippen molar-refractivity contribution in [1.82, 2.24) is 20.4 Å². The van der Waals surface area contributed by atoms with Crippen molar-refractivity contribution in [2.24, 2.45) is 0 Å². The third kappa shape index (κ3) is 7.38. The lowest BCUT2D eigenvalue weighted by molar-refractivity contribution is -0.122. The molecule has 0 atom stereocenters. The number of amides is 3. The van der Waals surface area contributed by atoms with Crippen molar-refractivity contribution < 1.29 is 23.1 Å². The first-order chi connectivity index (χ1) is 13.0. The Balaban J connectivity index is 1.65. The van der Waals surface area contributed by atoms with E-state index in [1.165, 1.54) is 12.1 Å². The number of piperazine rings is 1. The highest BCUT2D eigenvalue weighted by Crippen LogP contribution is 2.15. The molecule has 1 aliphatic heterocycles. The molecule has 0 radical (unpaired) electrons. The average Bonchev–Trinajstić information content (AvgIpc) is 2.63. The Morgan fingerprint density at radius 1 is 1.11 bits per heavy atom. The molecule has 1 aromatic carbocycles. The summed E-state index contributed by atoms with van der Waals surface area (Å²) in [7, 11) is 0. The lowest BCUT2D eigenvalue weighted by Gasteiger charge is -2.34. The lowest BCUT2D eigenvalue weighted by Crippen LogP contribution is -2.53. The second-order valence-electron chi connectivity index (χ2n) is 6.22. The molecule has 0 unspecified atom stereocenters. The van der Waals surface area contributed by atoms with E-state index in [0.29, 0.717) is 52.2 Å². The van der Waals surface area contributed by atoms with Gasteiger partial charge >= 0.3 is 12.6 Å². The molecule has 1 aliphatic rings. The van der Waals surface area contributed by atoms with Gasteiger partial charge in [-0.15, -0.1) is 0 Å². The SMILES string of the molecule is CCNC(=O)CN1CCN(C(=O)NCCc2ccc(OC(F)F)cc2)CC1. The second kappa shape index (κ2) is 10.7. The zero-order chi connectivity index (χ0) is 19.6. The van der Waals surface area contributed by atoms with Gasteiger partial charge in [-0.1, -0.05) is 12.1 Å². The summed E-state index contributed by atoms with van der Waals surface area (Å²) in [5.41, 5.74) is 0.920. The molecule has 2 rings (SSSR count). The number of likely N-dealkylation sites (N-methyl/N-ethyl adjacent to an activating group) is 1. The van der Waals surface area contributed by atoms with Crippen molar-refractivity contribution in [1.29, 1.82) is 0 Å². The van der Waals surface area contributed by atoms with Crippen LogP contribution in [-0.4, -0.2) is 74.2 Å². The highest BCUT2D eigenvalue weighted by Gasteiger charge is 2.21. The third-order valence-corrected chi connectivity index (χ3v) is 4.24. The first-order valence-electron chi connectivity index (χ1n) is 9.03. The van der Waals surface area contributed by atoms with Gasteiger partial charge in [0, 0.05) is 39.3 Å². The van der Waals surface area contributed by atoms with E-state index < -0.39 is 6.61 Å². The smallest absolute Gasteiger partial charge is 0.387 e. The largest absolute Gasteiger partial charge is 0.435 e. The Labute approximate surface area is 157 Å². The van der Waals surface area contributed by atoms with Gasteiger partial charge in [0.2, 0.25) is 5.91 Å². The minimum atomic E-state index is -2.84. The number of benzene rings is 1. The fraction of sp³-hybridized carbons (Fsp3) is 0.556. The quantitative estimate of drug-likeness (QED) is 0.709. The number of nitrogens with zero attached hydrogens (tertiary/aromatic N) is 2. The molecule has 2 N–H and O–H groups in total. The van der Waals surface area contributed by atoms with Crippen molar-refractivity contribution in [3.63, 3.8) is 0 Å². The lowest BCUT2D eigenvalue weighted by atomic mass is 10.1. The Hall–Kier alpha value is -2.42. The first kappa shape index (κ1) is 20.9. The zero-order valence-corrected chi connectivity index (χ0v) is 15.4. The van der Waals surface area contributed by atoms with Gasteiger partial charge in [-0.05, 0) is 31.0 Å². The van der Waals surface area contributed by atoms with Gasteiger partial charge < -0.3 is 20.3 Å². The van der Waals surface area contributed by atoms with E-state index in [-0.39, 0.29) is 17.7 Å². The highest BCUT2D eigenvalue weighted by atomic mass is 19.3. The van der Waals surface area contributed by atoms with Crippen LogP contribution in [0.2, 0.25) is 0 Å². The topological polar surface area (TPSA) is 73.9 Å². The molecular formula is C18H26F2N4O3. The molecule has 0 bridgehead atoms. The zero-order valence-electron chi connectivity index (χ0n) is 15.4. The summed E-state index contributed by atoms with van der Waals surface area (Å²) in [6, 6.07) is 6.23. The minimum Gasteiger partial charge on any atom is -0.435 e. The van der Waals surface area contributed by atoms with Gasteiger partial charge in [0.05, 0.1) is 6.54 Å². The molecule has 27 heavy (non-hydrogen) atoms. The normalized spacial score (nSPS) is 14.9. The van der Waals surface area contributed by atoms with Crippen LogP contribution in [0.3, 0.4) is 0 Å². The van der Waals surface area contributed by atoms with Crippen molar-refractivity contribution in [3.8, 4) is 5.75 Å². The third-order valence-electron chi connectivity index (χ3n) is 4.24. The van der Waals surface area contributed by atoms with E-state index in [1.54, 1.807) is 17.0 Å². The van der Waals surface area contributed by atoms with Crippen molar-refractivity contribution in [3.05, 3.63) is 29.8 Å². The molecule has 0 saturated carbocycles. The van der Waals surface area contributed by atoms with E-state index in [9.17, 15) is 18.4 Å². The van der Waals surface area contributed by atoms with Gasteiger partial charge in [-0.2, -0.15) is 8.78 Å². The number of rotatable bonds is 8. The van der Waals surface area contributed by atoms with E-state index in [4.69, 9.17) is 0 Å². The number of hydrogen-bond acceptors (Lipinski definition) is 4. The summed E-state index contributed by atoms with van der Waals surface area (Å²) in [6.45, 7) is 2.94. The van der Waals surface area contributed by atoms with Crippen LogP contribution in [0.5, 0.6) is 5.75 Å². The standard InChI is InChI=1S/C18H26F2N4O3/c1-2-21-16(25)13-23-9-11-24(12-10-23)18(26)22-8-7-14-3-5-15(6-4-14)27-17(19)20/h3-6,17H,2,7-13H2,1H3,(H,21,25)(H,22,26). The predicted octanol–water partition coefficient (Wildman–Crippen LogP) is 1.29. The number of carbonyl (C=O) groups excluding carboxylic acids is 2. The van der Waals surface area contributed by atoms with Crippen LogP contribution in [0.4, 0.5) is 13.6 Å². The minimum absolute atomic E-state index is 0.000343. The van der Waals surface area contributed by atoms with Crippen molar-refractivity contribution in [2.75, 3.05) is 45.8 Å². The molecule has 0 spiro atoms. The summed E-state index contributed by atoms with van der Waals surface area (Å²) < 4.78 is 28.5. The highest BCUT2D eigenvalue weighted by molar-refractivity contribution is 5.78. The molecule has 1 saturated heterocycles. The predicted molar refractivity (Wildman–Crippen MR) is 96.9 cm³/mol. The van der Waals surface area contributed by atoms with Crippen LogP contribution in [0.25, 0.3) is 0 Å². The van der Waals surface area contributed by atoms with Crippen LogP contribution in [0.1, 0.15) is 12.5 Å². The van der Waals surface area contributed by atoms with Gasteiger partial charge in [0.15, 0.2) is 0 Å². The molecule has 7 nitrogen and oxygen atoms in total. The molecule has 150 valence electrons. The van der Waals surface area contributed by atoms with E-state index in [0.717, 1.165) is 5.56 Å². The number of alkyl halides is 2. The number of carbonyl (C=O) groups is 2. The summed E-state index contributed by atoms with van der Waals surface area (Å²) >= 11 is 0. The Bertz CT molecular complexity index is 605. The van der Waals surface area contributed by atoms with Crippen LogP contribution in [0, 0.1) is 0 Å². The fourth-order valence-corrected chi connectivity index (χ4v) is 2.83. The molecule has 1 heterocycles. The molecule has 0 aliphatic carbocycles. The number of hydrogen-bond donors (Lipinski definition) is 2. The Kier molecular flexibility index (Phi) is 8.25. The average molecular weight is 384 g/mol. The maximum atomic E-state index is 12.2. The number of urea groups is 1. The summed E-state index contributed by atoms with van der Waals surface area (Å²) in [6.07, 6.45) is 0.595. The van der Waals surface area contributed by atoms with Crippen molar-refractivity contribution >= 4 is 11.9 Å². The fourth-order valence-electron chi connectivity index (χ4n) is 2.83. The summed E-state index contributed by atoms with van der Waals surface area (Å²) in [4.78, 5) is 27.5. The maximum Gasteiger partial charge on any atom is 0.387 e. The van der Waals surface area contributed by atoms with Gasteiger partial charge in [-0.25, -0.2) is 4.79 Å². The Morgan fingerprint density at radius 2 is 1.78 bits per heavy atom. The van der Waals surface area contributed by atoms with Crippen LogP contribution < -0.4 is 15.4 Å². The molecule has 0 aromatic heterocycles. The van der Waals surface area contributed by atoms with Crippen LogP contribution in [0.15, 0.2) is 24.3 Å². The molecule has 9 heteroatoms. The molecular weight excluding hydrogens is 358 g/mol. The van der Waals surface area contributed by atoms with Gasteiger partial charge in [0.1, 0.15) is 5.75 Å². The van der Waals surface area contributed by atoms with E-state index >= 15 is 0 Å². The van der Waals surface area contributed by atoms with Gasteiger partial charge in [-0.3, -0.25) is 9.69 Å². The Morgan fingerprint density at radius 3 is 2.37 bits per heavy atom. The number of nitrogens with one attached hydrogen (secondary N) is 2. The number of ether oxygens (including phenoxy) is 1. The molecule has 1 aromatic rings. The molecule has 3 amide bonds. The first-order valence-corrected chi connectivity index (χ1v) is 9.03. The molecule has 1 fully saturated rings. The van der Waals surface area contributed by atoms with E-state index in [1.807, 2.05) is 11.8 Å². The van der Waals surface area contributed by atoms with Crippen LogP contribution >= 0.6 is 0 Å². The number of halogens is 2. The summed E-state index contributed by atoms with van der Waals surface area (Å²) in [5.74, 6) is 0.114. The van der Waals surface area contributed by atoms with Gasteiger partial charge in [0.25, 0.3) is 0 Å². The van der Waals surface area contributed by atoms with E-state index in [2.05, 4.69) is 15.4 Å². The monoisotopic (exact) mass is 384 g/mol. The van der Waals surface area contributed by atoms with Crippen LogP contribution in [-0.2, 0) is 11.2 Å². The maximum absolute atomic E-state index is 12.2. The van der Waals surface area contributed by atoms with Crippen molar-refractivity contribution in [2.45, 2.75) is 20.0 Å². The summed E-state index contributed by atoms with van der Waals surface area (Å²) in [5, 5.41) is 5.63.